The van der Waals surface area contributed by atoms with Gasteiger partial charge in [-0.25, -0.2) is 9.37 Å². The number of halogens is 4. The molecule has 0 spiro atoms. The number of rotatable bonds is 3. The van der Waals surface area contributed by atoms with Gasteiger partial charge in [0.15, 0.2) is 0 Å². The molecule has 2 aromatic heterocycles. The zero-order valence-electron chi connectivity index (χ0n) is 13.6. The summed E-state index contributed by atoms with van der Waals surface area (Å²) in [7, 11) is 0. The molecule has 0 saturated carbocycles. The summed E-state index contributed by atoms with van der Waals surface area (Å²) in [6.45, 7) is 0.502. The lowest BCUT2D eigenvalue weighted by atomic mass is 10.1. The predicted molar refractivity (Wildman–Crippen MR) is 97.2 cm³/mol. The minimum absolute atomic E-state index is 0.0116. The fourth-order valence-corrected chi connectivity index (χ4v) is 2.53. The maximum absolute atomic E-state index is 13.9. The molecule has 2 heterocycles. The zero-order chi connectivity index (χ0) is 19.6. The number of alkyl halides is 2. The summed E-state index contributed by atoms with van der Waals surface area (Å²) in [4.78, 5) is 15.4. The Labute approximate surface area is 157 Å². The highest BCUT2D eigenvalue weighted by molar-refractivity contribution is 6.30. The van der Waals surface area contributed by atoms with Crippen LogP contribution in [-0.4, -0.2) is 15.5 Å². The number of pyridine rings is 1. The summed E-state index contributed by atoms with van der Waals surface area (Å²) in [6.07, 6.45) is 3.44. The number of carbonyl (C=O) groups is 1. The van der Waals surface area contributed by atoms with Crippen molar-refractivity contribution in [2.24, 2.45) is 0 Å². The first-order valence-electron chi connectivity index (χ1n) is 7.58. The van der Waals surface area contributed by atoms with Crippen molar-refractivity contribution in [3.05, 3.63) is 71.3 Å². The number of nitrogens with zero attached hydrogens (tertiary/aromatic N) is 2. The van der Waals surface area contributed by atoms with Crippen molar-refractivity contribution in [1.29, 1.82) is 0 Å². The van der Waals surface area contributed by atoms with Crippen molar-refractivity contribution in [3.8, 4) is 11.8 Å². The summed E-state index contributed by atoms with van der Waals surface area (Å²) in [5.41, 5.74) is 0.561. The molecule has 0 aliphatic heterocycles. The van der Waals surface area contributed by atoms with Crippen LogP contribution in [0.2, 0.25) is 5.02 Å². The fourth-order valence-electron chi connectivity index (χ4n) is 2.37. The van der Waals surface area contributed by atoms with E-state index in [2.05, 4.69) is 28.7 Å². The van der Waals surface area contributed by atoms with Crippen molar-refractivity contribution >= 4 is 34.2 Å². The highest BCUT2D eigenvalue weighted by Gasteiger charge is 2.15. The van der Waals surface area contributed by atoms with Crippen molar-refractivity contribution < 1.29 is 18.0 Å². The van der Waals surface area contributed by atoms with E-state index >= 15 is 0 Å². The molecule has 0 fully saturated rings. The second-order valence-electron chi connectivity index (χ2n) is 5.39. The van der Waals surface area contributed by atoms with Crippen LogP contribution in [0.4, 0.5) is 18.9 Å². The molecule has 136 valence electrons. The molecular formula is C19H11ClF3N3O. The summed E-state index contributed by atoms with van der Waals surface area (Å²) < 4.78 is 41.0. The molecule has 1 N–H and O–H groups in total. The maximum atomic E-state index is 13.9. The van der Waals surface area contributed by atoms with Crippen molar-refractivity contribution in [2.75, 3.05) is 5.32 Å². The Morgan fingerprint density at radius 1 is 1.30 bits per heavy atom. The molecule has 1 amide bonds. The Bertz CT molecular complexity index is 1110. The molecule has 0 aliphatic rings. The molecule has 0 radical (unpaired) electrons. The molecule has 0 unspecified atom stereocenters. The van der Waals surface area contributed by atoms with Gasteiger partial charge in [0.1, 0.15) is 11.5 Å². The Balaban J connectivity index is 2.11. The molecule has 0 aliphatic carbocycles. The summed E-state index contributed by atoms with van der Waals surface area (Å²) >= 11 is 5.70. The first-order chi connectivity index (χ1) is 12.9. The Hall–Kier alpha value is -3.24. The number of benzene rings is 1. The van der Waals surface area contributed by atoms with E-state index in [1.807, 2.05) is 0 Å². The predicted octanol–water partition coefficient (Wildman–Crippen LogP) is 4.75. The largest absolute Gasteiger partial charge is 0.321 e. The van der Waals surface area contributed by atoms with Crippen LogP contribution in [0.3, 0.4) is 0 Å². The van der Waals surface area contributed by atoms with E-state index in [1.54, 1.807) is 0 Å². The van der Waals surface area contributed by atoms with Crippen LogP contribution < -0.4 is 5.32 Å². The van der Waals surface area contributed by atoms with Crippen molar-refractivity contribution in [3.63, 3.8) is 0 Å². The third-order valence-electron chi connectivity index (χ3n) is 3.60. The molecule has 3 aromatic rings. The van der Waals surface area contributed by atoms with Crippen LogP contribution in [0, 0.1) is 17.7 Å². The Morgan fingerprint density at radius 3 is 2.70 bits per heavy atom. The Morgan fingerprint density at radius 2 is 2.04 bits per heavy atom. The second-order valence-corrected chi connectivity index (χ2v) is 5.83. The molecule has 4 nitrogen and oxygen atoms in total. The molecule has 0 saturated heterocycles. The summed E-state index contributed by atoms with van der Waals surface area (Å²) in [5.74, 6) is 4.18. The minimum atomic E-state index is -2.84. The number of nitrogens with one attached hydrogen (secondary N) is 1. The number of fused-ring (bicyclic) bond motifs is 1. The van der Waals surface area contributed by atoms with Gasteiger partial charge < -0.3 is 5.32 Å². The van der Waals surface area contributed by atoms with Gasteiger partial charge in [-0.1, -0.05) is 30.0 Å². The van der Waals surface area contributed by atoms with E-state index in [9.17, 15) is 18.0 Å². The van der Waals surface area contributed by atoms with E-state index in [1.165, 1.54) is 24.4 Å². The average molecular weight is 390 g/mol. The highest BCUT2D eigenvalue weighted by atomic mass is 35.5. The van der Waals surface area contributed by atoms with Gasteiger partial charge in [0, 0.05) is 16.6 Å². The number of hydrogen-bond acceptors (Lipinski definition) is 2. The highest BCUT2D eigenvalue weighted by Crippen LogP contribution is 2.26. The lowest BCUT2D eigenvalue weighted by Gasteiger charge is -2.04. The quantitative estimate of drug-likeness (QED) is 0.519. The van der Waals surface area contributed by atoms with Gasteiger partial charge in [0.05, 0.1) is 23.0 Å². The number of anilines is 1. The van der Waals surface area contributed by atoms with Gasteiger partial charge in [-0.15, -0.1) is 0 Å². The first kappa shape index (κ1) is 18.5. The molecule has 27 heavy (non-hydrogen) atoms. The molecule has 0 bridgehead atoms. The topological polar surface area (TPSA) is 46.9 Å². The number of hydrogen-bond donors (Lipinski definition) is 1. The fraction of sp³-hybridized carbons (Fsp3) is 0.0526. The standard InChI is InChI=1S/C19H11ClF3N3O/c1-2-17(27)25-14-8-15-12(10-26(19(22)23)18(15)24-9-14)4-3-11-5-6-13(20)7-16(11)21/h2,5-10,19H,1H2,(H,25,27). The number of amides is 1. The van der Waals surface area contributed by atoms with E-state index in [0.29, 0.717) is 15.6 Å². The number of aromatic nitrogens is 2. The van der Waals surface area contributed by atoms with Crippen LogP contribution in [0.1, 0.15) is 17.7 Å². The monoisotopic (exact) mass is 389 g/mol. The normalized spacial score (nSPS) is 10.6. The molecule has 8 heteroatoms. The van der Waals surface area contributed by atoms with Gasteiger partial charge in [0.2, 0.25) is 5.91 Å². The SMILES string of the molecule is C=CC(=O)Nc1cnc2c(c1)c(C#Cc1ccc(Cl)cc1F)cn2C(F)F. The lowest BCUT2D eigenvalue weighted by Crippen LogP contribution is -2.07. The van der Waals surface area contributed by atoms with E-state index < -0.39 is 18.3 Å². The van der Waals surface area contributed by atoms with Gasteiger partial charge >= 0.3 is 6.55 Å². The van der Waals surface area contributed by atoms with E-state index in [4.69, 9.17) is 11.6 Å². The van der Waals surface area contributed by atoms with Crippen molar-refractivity contribution in [1.82, 2.24) is 9.55 Å². The van der Waals surface area contributed by atoms with Crippen LogP contribution in [0.15, 0.2) is 49.3 Å². The average Bonchev–Trinajstić information content (AvgIpc) is 2.99. The van der Waals surface area contributed by atoms with Gasteiger partial charge in [-0.3, -0.25) is 9.36 Å². The first-order valence-corrected chi connectivity index (χ1v) is 7.96. The summed E-state index contributed by atoms with van der Waals surface area (Å²) in [6, 6.07) is 5.44. The van der Waals surface area contributed by atoms with Crippen LogP contribution in [0.25, 0.3) is 11.0 Å². The molecule has 1 aromatic carbocycles. The van der Waals surface area contributed by atoms with Crippen LogP contribution >= 0.6 is 11.6 Å². The number of carbonyl (C=O) groups excluding carboxylic acids is 1. The van der Waals surface area contributed by atoms with Crippen LogP contribution in [0.5, 0.6) is 0 Å². The lowest BCUT2D eigenvalue weighted by molar-refractivity contribution is -0.111. The zero-order valence-corrected chi connectivity index (χ0v) is 14.4. The Kier molecular flexibility index (Phi) is 5.19. The second kappa shape index (κ2) is 7.56. The van der Waals surface area contributed by atoms with Gasteiger partial charge in [0.25, 0.3) is 0 Å². The maximum Gasteiger partial charge on any atom is 0.320 e. The third kappa shape index (κ3) is 3.96. The molecular weight excluding hydrogens is 379 g/mol. The van der Waals surface area contributed by atoms with E-state index in [-0.39, 0.29) is 21.8 Å². The minimum Gasteiger partial charge on any atom is -0.321 e. The van der Waals surface area contributed by atoms with Crippen molar-refractivity contribution in [2.45, 2.75) is 6.55 Å². The third-order valence-corrected chi connectivity index (χ3v) is 3.83. The van der Waals surface area contributed by atoms with Crippen LogP contribution in [-0.2, 0) is 4.79 Å². The van der Waals surface area contributed by atoms with E-state index in [0.717, 1.165) is 18.3 Å². The van der Waals surface area contributed by atoms with Gasteiger partial charge in [-0.2, -0.15) is 8.78 Å². The smallest absolute Gasteiger partial charge is 0.320 e. The van der Waals surface area contributed by atoms with Gasteiger partial charge in [-0.05, 0) is 30.3 Å². The molecule has 0 atom stereocenters. The molecule has 3 rings (SSSR count). The summed E-state index contributed by atoms with van der Waals surface area (Å²) in [5, 5.41) is 3.01.